The largest absolute Gasteiger partial charge is 0.279 e. The molecule has 0 fully saturated rings. The second kappa shape index (κ2) is 6.88. The summed E-state index contributed by atoms with van der Waals surface area (Å²) in [6, 6.07) is 23.4. The first-order chi connectivity index (χ1) is 11.3. The van der Waals surface area contributed by atoms with E-state index in [1.165, 1.54) is 0 Å². The molecule has 0 saturated heterocycles. The Morgan fingerprint density at radius 2 is 1.57 bits per heavy atom. The Bertz CT molecular complexity index is 785. The van der Waals surface area contributed by atoms with Crippen LogP contribution in [-0.2, 0) is 4.79 Å². The molecule has 3 rings (SSSR count). The SMILES string of the molecule is CCC(=O)N(c1ccccc1)c1cccnc1-c1ccccc1. The average Bonchev–Trinajstić information content (AvgIpc) is 2.64. The van der Waals surface area contributed by atoms with Crippen molar-refractivity contribution >= 4 is 17.3 Å². The van der Waals surface area contributed by atoms with Crippen LogP contribution in [0.25, 0.3) is 11.3 Å². The predicted molar refractivity (Wildman–Crippen MR) is 93.6 cm³/mol. The molecule has 3 nitrogen and oxygen atoms in total. The van der Waals surface area contributed by atoms with Gasteiger partial charge in [-0.1, -0.05) is 55.5 Å². The number of carbonyl (C=O) groups is 1. The number of pyridine rings is 1. The molecule has 114 valence electrons. The van der Waals surface area contributed by atoms with Crippen molar-refractivity contribution in [1.29, 1.82) is 0 Å². The molecule has 3 heteroatoms. The molecule has 0 aliphatic rings. The van der Waals surface area contributed by atoms with Gasteiger partial charge in [-0.15, -0.1) is 0 Å². The van der Waals surface area contributed by atoms with Crippen LogP contribution in [0.1, 0.15) is 13.3 Å². The summed E-state index contributed by atoms with van der Waals surface area (Å²) in [5.41, 5.74) is 3.45. The van der Waals surface area contributed by atoms with E-state index >= 15 is 0 Å². The van der Waals surface area contributed by atoms with Crippen LogP contribution >= 0.6 is 0 Å². The Kier molecular flexibility index (Phi) is 4.48. The number of hydrogen-bond acceptors (Lipinski definition) is 2. The molecular formula is C20H18N2O. The Morgan fingerprint density at radius 3 is 2.22 bits per heavy atom. The zero-order valence-corrected chi connectivity index (χ0v) is 13.0. The minimum Gasteiger partial charge on any atom is -0.279 e. The summed E-state index contributed by atoms with van der Waals surface area (Å²) in [6.45, 7) is 1.87. The molecule has 1 amide bonds. The summed E-state index contributed by atoms with van der Waals surface area (Å²) in [5.74, 6) is 0.0429. The fourth-order valence-corrected chi connectivity index (χ4v) is 2.55. The van der Waals surface area contributed by atoms with Crippen LogP contribution in [0.3, 0.4) is 0 Å². The Hall–Kier alpha value is -2.94. The molecule has 0 aliphatic heterocycles. The molecule has 0 saturated carbocycles. The molecule has 0 unspecified atom stereocenters. The topological polar surface area (TPSA) is 33.2 Å². The van der Waals surface area contributed by atoms with Gasteiger partial charge in [-0.05, 0) is 24.3 Å². The van der Waals surface area contributed by atoms with E-state index in [9.17, 15) is 4.79 Å². The van der Waals surface area contributed by atoms with Crippen molar-refractivity contribution in [3.05, 3.63) is 79.0 Å². The third kappa shape index (κ3) is 3.14. The molecular weight excluding hydrogens is 284 g/mol. The van der Waals surface area contributed by atoms with Crippen LogP contribution in [0, 0.1) is 0 Å². The summed E-state index contributed by atoms with van der Waals surface area (Å²) in [6.07, 6.45) is 2.18. The minimum absolute atomic E-state index is 0.0429. The van der Waals surface area contributed by atoms with E-state index < -0.39 is 0 Å². The van der Waals surface area contributed by atoms with Gasteiger partial charge in [-0.3, -0.25) is 14.7 Å². The van der Waals surface area contributed by atoms with Gasteiger partial charge in [-0.25, -0.2) is 0 Å². The van der Waals surface area contributed by atoms with Gasteiger partial charge in [0.2, 0.25) is 5.91 Å². The van der Waals surface area contributed by atoms with E-state index in [0.717, 1.165) is 22.6 Å². The lowest BCUT2D eigenvalue weighted by atomic mass is 10.1. The maximum absolute atomic E-state index is 12.6. The summed E-state index contributed by atoms with van der Waals surface area (Å²) in [5, 5.41) is 0. The van der Waals surface area contributed by atoms with Gasteiger partial charge in [0.15, 0.2) is 0 Å². The Labute approximate surface area is 136 Å². The number of hydrogen-bond donors (Lipinski definition) is 0. The molecule has 1 heterocycles. The number of amides is 1. The van der Waals surface area contributed by atoms with Crippen molar-refractivity contribution in [3.63, 3.8) is 0 Å². The van der Waals surface area contributed by atoms with Crippen LogP contribution in [0.4, 0.5) is 11.4 Å². The number of para-hydroxylation sites is 1. The molecule has 0 radical (unpaired) electrons. The fraction of sp³-hybridized carbons (Fsp3) is 0.100. The molecule has 0 N–H and O–H groups in total. The Balaban J connectivity index is 2.16. The highest BCUT2D eigenvalue weighted by atomic mass is 16.2. The zero-order chi connectivity index (χ0) is 16.1. The van der Waals surface area contributed by atoms with E-state index in [2.05, 4.69) is 4.98 Å². The number of anilines is 2. The monoisotopic (exact) mass is 302 g/mol. The first kappa shape index (κ1) is 15.0. The van der Waals surface area contributed by atoms with Gasteiger partial charge in [0.1, 0.15) is 0 Å². The summed E-state index contributed by atoms with van der Waals surface area (Å²) in [4.78, 5) is 18.9. The minimum atomic E-state index is 0.0429. The molecule has 0 atom stereocenters. The summed E-state index contributed by atoms with van der Waals surface area (Å²) < 4.78 is 0. The highest BCUT2D eigenvalue weighted by Crippen LogP contribution is 2.33. The van der Waals surface area contributed by atoms with Crippen molar-refractivity contribution < 1.29 is 4.79 Å². The van der Waals surface area contributed by atoms with E-state index in [1.807, 2.05) is 79.7 Å². The van der Waals surface area contributed by atoms with E-state index in [-0.39, 0.29) is 5.91 Å². The maximum atomic E-state index is 12.6. The third-order valence-corrected chi connectivity index (χ3v) is 3.64. The lowest BCUT2D eigenvalue weighted by Crippen LogP contribution is -2.25. The summed E-state index contributed by atoms with van der Waals surface area (Å²) >= 11 is 0. The maximum Gasteiger partial charge on any atom is 0.231 e. The van der Waals surface area contributed by atoms with Crippen molar-refractivity contribution in [1.82, 2.24) is 4.98 Å². The predicted octanol–water partition coefficient (Wildman–Crippen LogP) is 4.82. The quantitative estimate of drug-likeness (QED) is 0.692. The number of rotatable bonds is 4. The second-order valence-corrected chi connectivity index (χ2v) is 5.16. The number of benzene rings is 2. The molecule has 23 heavy (non-hydrogen) atoms. The molecule has 1 aromatic heterocycles. The van der Waals surface area contributed by atoms with Gasteiger partial charge in [0.05, 0.1) is 11.4 Å². The normalized spacial score (nSPS) is 10.3. The molecule has 0 spiro atoms. The lowest BCUT2D eigenvalue weighted by Gasteiger charge is -2.24. The van der Waals surface area contributed by atoms with Crippen molar-refractivity contribution in [2.75, 3.05) is 4.90 Å². The smallest absolute Gasteiger partial charge is 0.231 e. The zero-order valence-electron chi connectivity index (χ0n) is 13.0. The van der Waals surface area contributed by atoms with Crippen molar-refractivity contribution in [3.8, 4) is 11.3 Å². The van der Waals surface area contributed by atoms with Gasteiger partial charge in [0, 0.05) is 23.9 Å². The van der Waals surface area contributed by atoms with E-state index in [0.29, 0.717) is 6.42 Å². The van der Waals surface area contributed by atoms with Gasteiger partial charge < -0.3 is 0 Å². The standard InChI is InChI=1S/C20H18N2O/c1-2-19(23)22(17-12-7-4-8-13-17)18-14-9-15-21-20(18)16-10-5-3-6-11-16/h3-15H,2H2,1H3. The van der Waals surface area contributed by atoms with Crippen LogP contribution < -0.4 is 4.90 Å². The molecule has 3 aromatic rings. The fourth-order valence-electron chi connectivity index (χ4n) is 2.55. The molecule has 2 aromatic carbocycles. The lowest BCUT2D eigenvalue weighted by molar-refractivity contribution is -0.117. The summed E-state index contributed by atoms with van der Waals surface area (Å²) in [7, 11) is 0. The van der Waals surface area contributed by atoms with Crippen LogP contribution in [0.5, 0.6) is 0 Å². The van der Waals surface area contributed by atoms with Gasteiger partial charge in [-0.2, -0.15) is 0 Å². The number of aromatic nitrogens is 1. The van der Waals surface area contributed by atoms with Crippen molar-refractivity contribution in [2.24, 2.45) is 0 Å². The average molecular weight is 302 g/mol. The van der Waals surface area contributed by atoms with Crippen LogP contribution in [0.15, 0.2) is 79.0 Å². The molecule has 0 aliphatic carbocycles. The van der Waals surface area contributed by atoms with Crippen molar-refractivity contribution in [2.45, 2.75) is 13.3 Å². The van der Waals surface area contributed by atoms with E-state index in [4.69, 9.17) is 0 Å². The highest BCUT2D eigenvalue weighted by molar-refractivity contribution is 6.03. The second-order valence-electron chi connectivity index (χ2n) is 5.16. The molecule has 0 bridgehead atoms. The van der Waals surface area contributed by atoms with Gasteiger partial charge in [0.25, 0.3) is 0 Å². The third-order valence-electron chi connectivity index (χ3n) is 3.64. The first-order valence-corrected chi connectivity index (χ1v) is 7.69. The van der Waals surface area contributed by atoms with Crippen LogP contribution in [-0.4, -0.2) is 10.9 Å². The number of carbonyl (C=O) groups excluding carboxylic acids is 1. The number of nitrogens with zero attached hydrogens (tertiary/aromatic N) is 2. The van der Waals surface area contributed by atoms with E-state index in [1.54, 1.807) is 11.1 Å². The first-order valence-electron chi connectivity index (χ1n) is 7.69. The van der Waals surface area contributed by atoms with Gasteiger partial charge >= 0.3 is 0 Å². The highest BCUT2D eigenvalue weighted by Gasteiger charge is 2.20. The van der Waals surface area contributed by atoms with Crippen LogP contribution in [0.2, 0.25) is 0 Å². The Morgan fingerprint density at radius 1 is 0.913 bits per heavy atom.